The summed E-state index contributed by atoms with van der Waals surface area (Å²) in [5, 5.41) is 31.7. The molecular weight excluding hydrogens is 277 g/mol. The summed E-state index contributed by atoms with van der Waals surface area (Å²) in [5.41, 5.74) is 4.76. The molecular formula is C9H12FN5O5. The predicted molar refractivity (Wildman–Crippen MR) is 63.4 cm³/mol. The van der Waals surface area contributed by atoms with Crippen molar-refractivity contribution in [3.63, 3.8) is 0 Å². The van der Waals surface area contributed by atoms with Crippen LogP contribution in [0.3, 0.4) is 0 Å². The first-order valence-corrected chi connectivity index (χ1v) is 5.55. The van der Waals surface area contributed by atoms with Gasteiger partial charge in [-0.1, -0.05) is 0 Å². The van der Waals surface area contributed by atoms with E-state index in [0.717, 1.165) is 6.33 Å². The molecule has 11 heteroatoms. The molecule has 2 rings (SSSR count). The lowest BCUT2D eigenvalue weighted by Gasteiger charge is -2.16. The van der Waals surface area contributed by atoms with E-state index >= 15 is 0 Å². The second-order valence-corrected chi connectivity index (χ2v) is 4.07. The molecule has 1 aliphatic heterocycles. The number of aliphatic hydroxyl groups excluding tert-OH is 2. The first-order valence-electron chi connectivity index (χ1n) is 5.55. The molecule has 0 saturated carbocycles. The average molecular weight is 289 g/mol. The second kappa shape index (κ2) is 5.48. The Kier molecular flexibility index (Phi) is 3.92. The van der Waals surface area contributed by atoms with Gasteiger partial charge < -0.3 is 26.0 Å². The molecule has 0 spiro atoms. The van der Waals surface area contributed by atoms with Gasteiger partial charge in [-0.2, -0.15) is 0 Å². The number of aliphatic hydroxyl groups is 2. The second-order valence-electron chi connectivity index (χ2n) is 4.07. The van der Waals surface area contributed by atoms with Gasteiger partial charge >= 0.3 is 5.69 Å². The Hall–Kier alpha value is -2.11. The number of ether oxygens (including phenoxy) is 1. The van der Waals surface area contributed by atoms with Gasteiger partial charge in [0.2, 0.25) is 11.6 Å². The zero-order valence-electron chi connectivity index (χ0n) is 10.0. The summed E-state index contributed by atoms with van der Waals surface area (Å²) in [4.78, 5) is 17.1. The number of hydrogen-bond acceptors (Lipinski definition) is 9. The van der Waals surface area contributed by atoms with Crippen molar-refractivity contribution >= 4 is 17.3 Å². The summed E-state index contributed by atoms with van der Waals surface area (Å²) in [5.74, 6) is -0.687. The molecule has 10 nitrogen and oxygen atoms in total. The number of rotatable bonds is 4. The summed E-state index contributed by atoms with van der Waals surface area (Å²) in [6.45, 7) is -0.635. The molecule has 5 N–H and O–H groups in total. The van der Waals surface area contributed by atoms with Crippen LogP contribution in [0.2, 0.25) is 0 Å². The minimum atomic E-state index is -1.82. The lowest BCUT2D eigenvalue weighted by Crippen LogP contribution is -2.34. The third-order valence-corrected chi connectivity index (χ3v) is 2.81. The van der Waals surface area contributed by atoms with Crippen molar-refractivity contribution < 1.29 is 24.3 Å². The van der Waals surface area contributed by atoms with Gasteiger partial charge in [0.1, 0.15) is 18.5 Å². The molecule has 1 fully saturated rings. The number of nitro groups is 1. The topological polar surface area (TPSA) is 157 Å². The van der Waals surface area contributed by atoms with E-state index in [1.807, 2.05) is 0 Å². The van der Waals surface area contributed by atoms with E-state index in [1.54, 1.807) is 0 Å². The van der Waals surface area contributed by atoms with Crippen LogP contribution in [-0.2, 0) is 4.74 Å². The van der Waals surface area contributed by atoms with Crippen LogP contribution in [0.5, 0.6) is 0 Å². The molecule has 0 bridgehead atoms. The summed E-state index contributed by atoms with van der Waals surface area (Å²) < 4.78 is 18.5. The molecule has 0 radical (unpaired) electrons. The Morgan fingerprint density at radius 2 is 2.30 bits per heavy atom. The lowest BCUT2D eigenvalue weighted by atomic mass is 10.1. The Labute approximate surface area is 111 Å². The highest BCUT2D eigenvalue weighted by Gasteiger charge is 2.44. The van der Waals surface area contributed by atoms with Crippen LogP contribution in [-0.4, -0.2) is 56.3 Å². The van der Waals surface area contributed by atoms with Crippen molar-refractivity contribution in [2.75, 3.05) is 17.7 Å². The van der Waals surface area contributed by atoms with E-state index in [1.165, 1.54) is 0 Å². The Balaban J connectivity index is 2.23. The van der Waals surface area contributed by atoms with Gasteiger partial charge in [0.05, 0.1) is 11.5 Å². The molecule has 0 aliphatic carbocycles. The van der Waals surface area contributed by atoms with Gasteiger partial charge in [0.25, 0.3) is 0 Å². The number of halogens is 1. The fourth-order valence-electron chi connectivity index (χ4n) is 1.81. The average Bonchev–Trinajstić information content (AvgIpc) is 2.66. The van der Waals surface area contributed by atoms with Crippen LogP contribution in [0.4, 0.5) is 21.7 Å². The normalized spacial score (nSPS) is 29.4. The maximum Gasteiger partial charge on any atom is 0.353 e. The minimum Gasteiger partial charge on any atom is -0.394 e. The molecule has 1 saturated heterocycles. The highest BCUT2D eigenvalue weighted by Crippen LogP contribution is 2.30. The highest BCUT2D eigenvalue weighted by molar-refractivity contribution is 5.67. The van der Waals surface area contributed by atoms with Crippen LogP contribution in [0.25, 0.3) is 0 Å². The Morgan fingerprint density at radius 3 is 2.85 bits per heavy atom. The summed E-state index contributed by atoms with van der Waals surface area (Å²) in [7, 11) is 0. The molecule has 2 heterocycles. The van der Waals surface area contributed by atoms with E-state index in [4.69, 9.17) is 15.6 Å². The number of nitrogen functional groups attached to an aromatic ring is 1. The Morgan fingerprint density at radius 1 is 1.60 bits per heavy atom. The lowest BCUT2D eigenvalue weighted by molar-refractivity contribution is -0.383. The van der Waals surface area contributed by atoms with Gasteiger partial charge in [0.15, 0.2) is 12.4 Å². The smallest absolute Gasteiger partial charge is 0.353 e. The third kappa shape index (κ3) is 2.45. The molecule has 0 amide bonds. The largest absolute Gasteiger partial charge is 0.394 e. The minimum absolute atomic E-state index is 0.308. The van der Waals surface area contributed by atoms with Crippen LogP contribution in [0.15, 0.2) is 6.33 Å². The van der Waals surface area contributed by atoms with Crippen LogP contribution >= 0.6 is 0 Å². The van der Waals surface area contributed by atoms with Crippen LogP contribution in [0.1, 0.15) is 0 Å². The predicted octanol–water partition coefficient (Wildman–Crippen LogP) is -1.20. The van der Waals surface area contributed by atoms with E-state index in [-0.39, 0.29) is 11.6 Å². The van der Waals surface area contributed by atoms with Crippen molar-refractivity contribution in [3.8, 4) is 0 Å². The number of nitrogens with two attached hydrogens (primary N) is 1. The number of aromatic nitrogens is 2. The number of alkyl halides is 1. The van der Waals surface area contributed by atoms with Crippen LogP contribution in [0, 0.1) is 10.1 Å². The molecule has 4 atom stereocenters. The molecule has 20 heavy (non-hydrogen) atoms. The maximum atomic E-state index is 13.5. The fraction of sp³-hybridized carbons (Fsp3) is 0.556. The summed E-state index contributed by atoms with van der Waals surface area (Å²) >= 11 is 0. The van der Waals surface area contributed by atoms with Crippen molar-refractivity contribution in [1.82, 2.24) is 9.97 Å². The van der Waals surface area contributed by atoms with Crippen molar-refractivity contribution in [3.05, 3.63) is 16.4 Å². The summed E-state index contributed by atoms with van der Waals surface area (Å²) in [6, 6.07) is 0. The van der Waals surface area contributed by atoms with Crippen molar-refractivity contribution in [1.29, 1.82) is 0 Å². The first-order chi connectivity index (χ1) is 9.45. The number of hydrogen-bond donors (Lipinski definition) is 4. The van der Waals surface area contributed by atoms with Gasteiger partial charge in [-0.05, 0) is 0 Å². The van der Waals surface area contributed by atoms with Gasteiger partial charge in [0, 0.05) is 0 Å². The fourth-order valence-corrected chi connectivity index (χ4v) is 1.81. The Bertz CT molecular complexity index is 518. The summed E-state index contributed by atoms with van der Waals surface area (Å²) in [6.07, 6.45) is -4.97. The van der Waals surface area contributed by atoms with Gasteiger partial charge in [-0.25, -0.2) is 14.4 Å². The quantitative estimate of drug-likeness (QED) is 0.394. The van der Waals surface area contributed by atoms with E-state index < -0.39 is 41.8 Å². The van der Waals surface area contributed by atoms with Crippen molar-refractivity contribution in [2.24, 2.45) is 0 Å². The van der Waals surface area contributed by atoms with Gasteiger partial charge in [-0.3, -0.25) is 10.1 Å². The van der Waals surface area contributed by atoms with Crippen molar-refractivity contribution in [2.45, 2.75) is 24.6 Å². The standard InChI is InChI=1S/C9H12FN5O5/c10-4-3(1-16)20-9(6(4)17)14-8-5(15(18)19)7(11)12-2-13-8/h2-4,6,9,16-17H,1H2,(H3,11,12,13,14). The van der Waals surface area contributed by atoms with E-state index in [0.29, 0.717) is 0 Å². The molecule has 110 valence electrons. The number of anilines is 2. The molecule has 1 aliphatic rings. The molecule has 4 unspecified atom stereocenters. The zero-order valence-corrected chi connectivity index (χ0v) is 10.0. The first kappa shape index (κ1) is 14.3. The van der Waals surface area contributed by atoms with Crippen LogP contribution < -0.4 is 11.1 Å². The maximum absolute atomic E-state index is 13.5. The third-order valence-electron chi connectivity index (χ3n) is 2.81. The van der Waals surface area contributed by atoms with E-state index in [2.05, 4.69) is 15.3 Å². The van der Waals surface area contributed by atoms with E-state index in [9.17, 15) is 19.6 Å². The number of nitrogens with zero attached hydrogens (tertiary/aromatic N) is 3. The monoisotopic (exact) mass is 289 g/mol. The molecule has 1 aromatic rings. The zero-order chi connectivity index (χ0) is 14.9. The number of nitrogens with one attached hydrogen (secondary N) is 1. The molecule has 0 aromatic carbocycles. The SMILES string of the molecule is Nc1ncnc(NC2OC(CO)C(F)C2O)c1[N+](=O)[O-]. The van der Waals surface area contributed by atoms with Gasteiger partial charge in [-0.15, -0.1) is 0 Å². The molecule has 1 aromatic heterocycles. The highest BCUT2D eigenvalue weighted by atomic mass is 19.1.